The van der Waals surface area contributed by atoms with Gasteiger partial charge in [-0.15, -0.1) is 6.42 Å². The van der Waals surface area contributed by atoms with Gasteiger partial charge in [-0.05, 0) is 18.1 Å². The lowest BCUT2D eigenvalue weighted by atomic mass is 10.1. The second kappa shape index (κ2) is 5.85. The number of nitrogens with zero attached hydrogens (tertiary/aromatic N) is 1. The lowest BCUT2D eigenvalue weighted by Crippen LogP contribution is -2.15. The first-order chi connectivity index (χ1) is 9.29. The summed E-state index contributed by atoms with van der Waals surface area (Å²) in [5, 5.41) is 20.1. The van der Waals surface area contributed by atoms with Crippen LogP contribution in [0.25, 0.3) is 0 Å². The Morgan fingerprint density at radius 1 is 1.40 bits per heavy atom. The number of carbonyl (C=O) groups excluding carboxylic acids is 1. The maximum atomic E-state index is 13.0. The summed E-state index contributed by atoms with van der Waals surface area (Å²) in [6, 6.07) is 6.27. The van der Waals surface area contributed by atoms with Gasteiger partial charge in [-0.1, -0.05) is 12.1 Å². The summed E-state index contributed by atoms with van der Waals surface area (Å²) in [5.41, 5.74) is -0.643. The Balaban J connectivity index is 2.94. The molecule has 2 N–H and O–H groups in total. The predicted molar refractivity (Wildman–Crippen MR) is 68.7 cm³/mol. The second-order valence-corrected chi connectivity index (χ2v) is 3.90. The van der Waals surface area contributed by atoms with E-state index < -0.39 is 23.2 Å². The molecule has 4 nitrogen and oxygen atoms in total. The van der Waals surface area contributed by atoms with Gasteiger partial charge in [0.1, 0.15) is 6.07 Å². The van der Waals surface area contributed by atoms with Crippen molar-refractivity contribution in [1.29, 1.82) is 5.26 Å². The summed E-state index contributed by atoms with van der Waals surface area (Å²) in [6.45, 7) is 0.752. The summed E-state index contributed by atoms with van der Waals surface area (Å²) >= 11 is 0. The Morgan fingerprint density at radius 3 is 2.35 bits per heavy atom. The fourth-order valence-electron chi connectivity index (χ4n) is 1.32. The third-order valence-electron chi connectivity index (χ3n) is 2.36. The molecule has 0 heterocycles. The Labute approximate surface area is 114 Å². The average Bonchev–Trinajstić information content (AvgIpc) is 2.38. The number of hydrogen-bond donors (Lipinski definition) is 2. The molecule has 0 saturated carbocycles. The number of anilines is 1. The molecular formula is C14H10F2N2O2. The zero-order valence-corrected chi connectivity index (χ0v) is 10.4. The highest BCUT2D eigenvalue weighted by Gasteiger charge is 2.23. The number of aliphatic hydroxyl groups is 1. The number of allylic oxidation sites excluding steroid dienone is 1. The Kier molecular flexibility index (Phi) is 4.45. The first kappa shape index (κ1) is 15.2. The highest BCUT2D eigenvalue weighted by atomic mass is 19.3. The van der Waals surface area contributed by atoms with Gasteiger partial charge in [0.25, 0.3) is 11.8 Å². The van der Waals surface area contributed by atoms with Crippen molar-refractivity contribution in [1.82, 2.24) is 0 Å². The van der Waals surface area contributed by atoms with E-state index in [4.69, 9.17) is 11.7 Å². The third kappa shape index (κ3) is 3.56. The molecule has 0 aliphatic carbocycles. The molecule has 0 fully saturated rings. The summed E-state index contributed by atoms with van der Waals surface area (Å²) in [6.07, 6.45) is 4.88. The Hall–Kier alpha value is -2.86. The van der Waals surface area contributed by atoms with E-state index >= 15 is 0 Å². The standard InChI is InChI=1S/C14H10F2N2O2/c1-3-12(19)11(8-17)13(20)18-10-6-4-9(5-7-10)14(2,15)16/h1,4-7,19H,2H3,(H,18,20)/b12-11-. The van der Waals surface area contributed by atoms with E-state index in [1.165, 1.54) is 18.2 Å². The molecule has 0 saturated heterocycles. The van der Waals surface area contributed by atoms with Gasteiger partial charge in [0.15, 0.2) is 11.3 Å². The molecule has 0 unspecified atom stereocenters. The average molecular weight is 276 g/mol. The van der Waals surface area contributed by atoms with Crippen molar-refractivity contribution in [3.8, 4) is 18.4 Å². The molecule has 1 aromatic rings. The number of hydrogen-bond acceptors (Lipinski definition) is 3. The van der Waals surface area contributed by atoms with Crippen molar-refractivity contribution < 1.29 is 18.7 Å². The van der Waals surface area contributed by atoms with Crippen LogP contribution in [0.15, 0.2) is 35.6 Å². The molecule has 0 spiro atoms. The van der Waals surface area contributed by atoms with Gasteiger partial charge < -0.3 is 10.4 Å². The van der Waals surface area contributed by atoms with E-state index in [2.05, 4.69) is 5.32 Å². The SMILES string of the molecule is C#C/C(O)=C(\C#N)C(=O)Nc1ccc(C(C)(F)F)cc1. The van der Waals surface area contributed by atoms with Crippen molar-refractivity contribution in [2.75, 3.05) is 5.32 Å². The van der Waals surface area contributed by atoms with Gasteiger partial charge in [-0.25, -0.2) is 8.78 Å². The van der Waals surface area contributed by atoms with Crippen LogP contribution in [0.4, 0.5) is 14.5 Å². The highest BCUT2D eigenvalue weighted by molar-refractivity contribution is 6.07. The van der Waals surface area contributed by atoms with Gasteiger partial charge in [-0.3, -0.25) is 4.79 Å². The normalized spacial score (nSPS) is 11.8. The van der Waals surface area contributed by atoms with Gasteiger partial charge in [0, 0.05) is 18.2 Å². The number of terminal acetylenes is 1. The first-order valence-corrected chi connectivity index (χ1v) is 5.39. The largest absolute Gasteiger partial charge is 0.500 e. The van der Waals surface area contributed by atoms with Gasteiger partial charge >= 0.3 is 0 Å². The van der Waals surface area contributed by atoms with Gasteiger partial charge in [0.05, 0.1) is 0 Å². The summed E-state index contributed by atoms with van der Waals surface area (Å²) < 4.78 is 26.0. The van der Waals surface area contributed by atoms with Crippen LogP contribution >= 0.6 is 0 Å². The van der Waals surface area contributed by atoms with E-state index in [1.54, 1.807) is 5.92 Å². The number of halogens is 2. The Morgan fingerprint density at radius 2 is 1.95 bits per heavy atom. The summed E-state index contributed by atoms with van der Waals surface area (Å²) in [5.74, 6) is -2.93. The minimum Gasteiger partial charge on any atom is -0.500 e. The monoisotopic (exact) mass is 276 g/mol. The number of aliphatic hydroxyl groups excluding tert-OH is 1. The van der Waals surface area contributed by atoms with E-state index in [0.29, 0.717) is 0 Å². The molecule has 0 aliphatic heterocycles. The van der Waals surface area contributed by atoms with E-state index in [-0.39, 0.29) is 11.3 Å². The predicted octanol–water partition coefficient (Wildman–Crippen LogP) is 2.71. The van der Waals surface area contributed by atoms with Crippen LogP contribution in [-0.2, 0) is 10.7 Å². The number of benzene rings is 1. The zero-order valence-electron chi connectivity index (χ0n) is 10.4. The molecule has 1 rings (SSSR count). The lowest BCUT2D eigenvalue weighted by molar-refractivity contribution is -0.112. The number of amides is 1. The summed E-state index contributed by atoms with van der Waals surface area (Å²) in [7, 11) is 0. The molecule has 1 aromatic carbocycles. The number of alkyl halides is 2. The first-order valence-electron chi connectivity index (χ1n) is 5.39. The number of nitrogens with one attached hydrogen (secondary N) is 1. The van der Waals surface area contributed by atoms with Crippen molar-refractivity contribution >= 4 is 11.6 Å². The molecule has 0 aliphatic rings. The molecule has 0 aromatic heterocycles. The van der Waals surface area contributed by atoms with Crippen LogP contribution in [0.1, 0.15) is 12.5 Å². The summed E-state index contributed by atoms with van der Waals surface area (Å²) in [4.78, 5) is 11.6. The maximum absolute atomic E-state index is 13.0. The Bertz CT molecular complexity index is 629. The lowest BCUT2D eigenvalue weighted by Gasteiger charge is -2.11. The third-order valence-corrected chi connectivity index (χ3v) is 2.36. The quantitative estimate of drug-likeness (QED) is 0.386. The molecule has 102 valence electrons. The molecule has 0 radical (unpaired) electrons. The van der Waals surface area contributed by atoms with Crippen LogP contribution in [-0.4, -0.2) is 11.0 Å². The minimum atomic E-state index is -2.98. The van der Waals surface area contributed by atoms with Crippen LogP contribution in [0, 0.1) is 23.7 Å². The fraction of sp³-hybridized carbons (Fsp3) is 0.143. The maximum Gasteiger partial charge on any atom is 0.270 e. The van der Waals surface area contributed by atoms with Gasteiger partial charge in [0.2, 0.25) is 0 Å². The number of rotatable bonds is 3. The van der Waals surface area contributed by atoms with Crippen molar-refractivity contribution in [3.63, 3.8) is 0 Å². The van der Waals surface area contributed by atoms with E-state index in [1.807, 2.05) is 0 Å². The van der Waals surface area contributed by atoms with Crippen LogP contribution < -0.4 is 5.32 Å². The topological polar surface area (TPSA) is 73.1 Å². The molecule has 20 heavy (non-hydrogen) atoms. The van der Waals surface area contributed by atoms with Crippen molar-refractivity contribution in [3.05, 3.63) is 41.2 Å². The van der Waals surface area contributed by atoms with E-state index in [0.717, 1.165) is 19.1 Å². The number of carbonyl (C=O) groups is 1. The van der Waals surface area contributed by atoms with Crippen molar-refractivity contribution in [2.24, 2.45) is 0 Å². The van der Waals surface area contributed by atoms with Crippen LogP contribution in [0.2, 0.25) is 0 Å². The second-order valence-electron chi connectivity index (χ2n) is 3.90. The zero-order chi connectivity index (χ0) is 15.3. The van der Waals surface area contributed by atoms with Gasteiger partial charge in [-0.2, -0.15) is 5.26 Å². The molecule has 0 atom stereocenters. The molecule has 6 heteroatoms. The highest BCUT2D eigenvalue weighted by Crippen LogP contribution is 2.27. The smallest absolute Gasteiger partial charge is 0.270 e. The van der Waals surface area contributed by atoms with Crippen LogP contribution in [0.3, 0.4) is 0 Å². The molecule has 0 bridgehead atoms. The van der Waals surface area contributed by atoms with Crippen LogP contribution in [0.5, 0.6) is 0 Å². The van der Waals surface area contributed by atoms with Crippen molar-refractivity contribution in [2.45, 2.75) is 12.8 Å². The molecular weight excluding hydrogens is 266 g/mol. The van der Waals surface area contributed by atoms with E-state index in [9.17, 15) is 18.7 Å². The fourth-order valence-corrected chi connectivity index (χ4v) is 1.32. The minimum absolute atomic E-state index is 0.195. The number of nitriles is 1. The molecule has 1 amide bonds.